The number of anilines is 1. The molecule has 0 saturated carbocycles. The molecule has 1 aliphatic rings. The van der Waals surface area contributed by atoms with E-state index in [0.29, 0.717) is 16.3 Å². The molecular formula is C23H29ClFN7. The first-order valence-electron chi connectivity index (χ1n) is 10.5. The fourth-order valence-electron chi connectivity index (χ4n) is 3.65. The number of piperazine rings is 1. The molecule has 2 aromatic heterocycles. The quantitative estimate of drug-likeness (QED) is 0.513. The lowest BCUT2D eigenvalue weighted by atomic mass is 10.1. The monoisotopic (exact) mass is 457 g/mol. The predicted octanol–water partition coefficient (Wildman–Crippen LogP) is 4.21. The summed E-state index contributed by atoms with van der Waals surface area (Å²) in [5.41, 5.74) is 2.55. The Hall–Kier alpha value is -2.65. The van der Waals surface area contributed by atoms with Crippen molar-refractivity contribution in [1.82, 2.24) is 31.1 Å². The second-order valence-corrected chi connectivity index (χ2v) is 8.25. The maximum atomic E-state index is 14.2. The standard InChI is InChI=1S/C23H26ClFN6.H3N/c1-30-9-11-31(12-10-30)8-2-6-26-23-14-17(5-7-27-23)18-13-22(29-28-16-18)20-15-19(24)3-4-21(20)25;/h3-5,7,13-16H,2,6,8-12H2,1H3,(H,26,27);1H3. The van der Waals surface area contributed by atoms with Crippen molar-refractivity contribution in [1.29, 1.82) is 0 Å². The fraction of sp³-hybridized carbons (Fsp3) is 0.348. The minimum atomic E-state index is -0.381. The third-order valence-corrected chi connectivity index (χ3v) is 5.74. The summed E-state index contributed by atoms with van der Waals surface area (Å²) in [5.74, 6) is 0.427. The molecule has 1 aliphatic heterocycles. The topological polar surface area (TPSA) is 92.2 Å². The molecule has 32 heavy (non-hydrogen) atoms. The summed E-state index contributed by atoms with van der Waals surface area (Å²) in [6.07, 6.45) is 4.49. The predicted molar refractivity (Wildman–Crippen MR) is 128 cm³/mol. The van der Waals surface area contributed by atoms with Crippen LogP contribution in [0.2, 0.25) is 5.02 Å². The smallest absolute Gasteiger partial charge is 0.132 e. The zero-order chi connectivity index (χ0) is 21.6. The minimum absolute atomic E-state index is 0. The Morgan fingerprint density at radius 1 is 1.06 bits per heavy atom. The highest BCUT2D eigenvalue weighted by Crippen LogP contribution is 2.28. The third kappa shape index (κ3) is 6.20. The van der Waals surface area contributed by atoms with Crippen LogP contribution in [0.1, 0.15) is 6.42 Å². The maximum Gasteiger partial charge on any atom is 0.132 e. The van der Waals surface area contributed by atoms with Gasteiger partial charge in [0.05, 0.1) is 11.9 Å². The van der Waals surface area contributed by atoms with Gasteiger partial charge in [-0.2, -0.15) is 10.2 Å². The molecule has 7 nitrogen and oxygen atoms in total. The van der Waals surface area contributed by atoms with Crippen molar-refractivity contribution in [2.75, 3.05) is 51.6 Å². The number of hydrogen-bond donors (Lipinski definition) is 2. The summed E-state index contributed by atoms with van der Waals surface area (Å²) in [6, 6.07) is 10.1. The van der Waals surface area contributed by atoms with Crippen LogP contribution in [0.15, 0.2) is 48.8 Å². The van der Waals surface area contributed by atoms with Gasteiger partial charge in [0, 0.05) is 55.1 Å². The molecule has 1 aromatic carbocycles. The number of halogens is 2. The molecule has 3 aromatic rings. The number of pyridine rings is 1. The van der Waals surface area contributed by atoms with Gasteiger partial charge >= 0.3 is 0 Å². The highest BCUT2D eigenvalue weighted by Gasteiger charge is 2.13. The van der Waals surface area contributed by atoms with Gasteiger partial charge < -0.3 is 21.3 Å². The van der Waals surface area contributed by atoms with Crippen molar-refractivity contribution in [3.05, 3.63) is 59.6 Å². The second-order valence-electron chi connectivity index (χ2n) is 7.81. The van der Waals surface area contributed by atoms with E-state index in [1.807, 2.05) is 18.2 Å². The maximum absolute atomic E-state index is 14.2. The Labute approximate surface area is 193 Å². The highest BCUT2D eigenvalue weighted by molar-refractivity contribution is 6.30. The lowest BCUT2D eigenvalue weighted by Gasteiger charge is -2.32. The molecule has 0 radical (unpaired) electrons. The van der Waals surface area contributed by atoms with Crippen LogP contribution in [0.4, 0.5) is 10.2 Å². The van der Waals surface area contributed by atoms with Crippen molar-refractivity contribution in [2.45, 2.75) is 6.42 Å². The molecule has 1 saturated heterocycles. The zero-order valence-corrected chi connectivity index (χ0v) is 19.0. The van der Waals surface area contributed by atoms with Crippen LogP contribution in [0.25, 0.3) is 22.4 Å². The third-order valence-electron chi connectivity index (χ3n) is 5.51. The average molecular weight is 458 g/mol. The first-order valence-corrected chi connectivity index (χ1v) is 10.9. The summed E-state index contributed by atoms with van der Waals surface area (Å²) in [5, 5.41) is 12.0. The normalized spacial score (nSPS) is 14.7. The largest absolute Gasteiger partial charge is 0.370 e. The molecule has 3 heterocycles. The van der Waals surface area contributed by atoms with Crippen LogP contribution in [-0.2, 0) is 0 Å². The van der Waals surface area contributed by atoms with Gasteiger partial charge in [-0.1, -0.05) is 11.6 Å². The molecule has 1 fully saturated rings. The van der Waals surface area contributed by atoms with E-state index in [4.69, 9.17) is 11.6 Å². The van der Waals surface area contributed by atoms with Crippen LogP contribution in [0.5, 0.6) is 0 Å². The van der Waals surface area contributed by atoms with Crippen LogP contribution in [-0.4, -0.2) is 71.3 Å². The summed E-state index contributed by atoms with van der Waals surface area (Å²) in [6.45, 7) is 6.49. The van der Waals surface area contributed by atoms with Crippen LogP contribution in [0, 0.1) is 5.82 Å². The van der Waals surface area contributed by atoms with E-state index in [1.165, 1.54) is 12.1 Å². The van der Waals surface area contributed by atoms with Gasteiger partial charge in [-0.3, -0.25) is 0 Å². The number of nitrogens with one attached hydrogen (secondary N) is 1. The van der Waals surface area contributed by atoms with Crippen molar-refractivity contribution in [3.8, 4) is 22.4 Å². The Kier molecular flexibility index (Phi) is 8.46. The lowest BCUT2D eigenvalue weighted by molar-refractivity contribution is 0.154. The van der Waals surface area contributed by atoms with E-state index in [9.17, 15) is 4.39 Å². The highest BCUT2D eigenvalue weighted by atomic mass is 35.5. The summed E-state index contributed by atoms with van der Waals surface area (Å²) in [7, 11) is 2.17. The molecule has 0 bridgehead atoms. The summed E-state index contributed by atoms with van der Waals surface area (Å²) >= 11 is 6.02. The number of benzene rings is 1. The number of nitrogens with zero attached hydrogens (tertiary/aromatic N) is 5. The number of aromatic nitrogens is 3. The van der Waals surface area contributed by atoms with Gasteiger partial charge in [-0.05, 0) is 62.0 Å². The Morgan fingerprint density at radius 3 is 2.69 bits per heavy atom. The molecular weight excluding hydrogens is 429 g/mol. The van der Waals surface area contributed by atoms with Crippen LogP contribution < -0.4 is 11.5 Å². The van der Waals surface area contributed by atoms with Gasteiger partial charge in [0.2, 0.25) is 0 Å². The fourth-order valence-corrected chi connectivity index (χ4v) is 3.82. The molecule has 4 rings (SSSR count). The van der Waals surface area contributed by atoms with E-state index >= 15 is 0 Å². The Bertz CT molecular complexity index is 1020. The van der Waals surface area contributed by atoms with Gasteiger partial charge in [0.25, 0.3) is 0 Å². The van der Waals surface area contributed by atoms with Gasteiger partial charge in [-0.25, -0.2) is 9.37 Å². The lowest BCUT2D eigenvalue weighted by Crippen LogP contribution is -2.44. The molecule has 9 heteroatoms. The first kappa shape index (κ1) is 24.0. The number of hydrogen-bond acceptors (Lipinski definition) is 7. The van der Waals surface area contributed by atoms with Gasteiger partial charge in [0.15, 0.2) is 0 Å². The summed E-state index contributed by atoms with van der Waals surface area (Å²) in [4.78, 5) is 9.29. The van der Waals surface area contributed by atoms with E-state index in [2.05, 4.69) is 37.3 Å². The molecule has 0 amide bonds. The summed E-state index contributed by atoms with van der Waals surface area (Å²) < 4.78 is 14.2. The molecule has 4 N–H and O–H groups in total. The molecule has 170 valence electrons. The molecule has 0 unspecified atom stereocenters. The van der Waals surface area contributed by atoms with E-state index in [-0.39, 0.29) is 12.0 Å². The van der Waals surface area contributed by atoms with E-state index < -0.39 is 0 Å². The average Bonchev–Trinajstić information content (AvgIpc) is 2.80. The molecule has 0 atom stereocenters. The van der Waals surface area contributed by atoms with Crippen molar-refractivity contribution in [2.24, 2.45) is 0 Å². The van der Waals surface area contributed by atoms with Gasteiger partial charge in [-0.15, -0.1) is 0 Å². The second kappa shape index (κ2) is 11.3. The number of rotatable bonds is 7. The van der Waals surface area contributed by atoms with Crippen LogP contribution >= 0.6 is 11.6 Å². The molecule has 0 aliphatic carbocycles. The van der Waals surface area contributed by atoms with Gasteiger partial charge in [0.1, 0.15) is 11.6 Å². The zero-order valence-electron chi connectivity index (χ0n) is 18.3. The number of likely N-dealkylation sites (N-methyl/N-ethyl adjacent to an activating group) is 1. The molecule has 0 spiro atoms. The van der Waals surface area contributed by atoms with Crippen molar-refractivity contribution >= 4 is 17.4 Å². The van der Waals surface area contributed by atoms with E-state index in [1.54, 1.807) is 18.5 Å². The Morgan fingerprint density at radius 2 is 1.88 bits per heavy atom. The van der Waals surface area contributed by atoms with Crippen molar-refractivity contribution < 1.29 is 4.39 Å². The minimum Gasteiger partial charge on any atom is -0.370 e. The Balaban J connectivity index is 0.00000289. The van der Waals surface area contributed by atoms with E-state index in [0.717, 1.165) is 62.6 Å². The SMILES string of the molecule is CN1CCN(CCCNc2cc(-c3cnnc(-c4cc(Cl)ccc4F)c3)ccn2)CC1.N. The van der Waals surface area contributed by atoms with Crippen molar-refractivity contribution in [3.63, 3.8) is 0 Å². The van der Waals surface area contributed by atoms with Crippen LogP contribution in [0.3, 0.4) is 0 Å². The first-order chi connectivity index (χ1) is 15.1.